The van der Waals surface area contributed by atoms with Crippen molar-refractivity contribution in [1.82, 2.24) is 0 Å². The number of hydrogen-bond acceptors (Lipinski definition) is 5. The van der Waals surface area contributed by atoms with Gasteiger partial charge in [0.2, 0.25) is 0 Å². The standard InChI is InChI=1S/C16H19ClN2O3/c1-8-11(4-3-9(7-18)13(8)17)19-10-5-12(20)14(19)15(21)16(2,22)6-10/h3-4,10,12,14-15,20-22H,5-6H2,1-2H3/t10-,12?,14+,15?,16+/m1/s1. The molecular weight excluding hydrogens is 304 g/mol. The van der Waals surface area contributed by atoms with E-state index in [1.807, 2.05) is 17.9 Å². The number of rotatable bonds is 1. The molecule has 118 valence electrons. The van der Waals surface area contributed by atoms with Gasteiger partial charge in [0.05, 0.1) is 28.3 Å². The lowest BCUT2D eigenvalue weighted by atomic mass is 9.84. The molecule has 6 heteroatoms. The van der Waals surface area contributed by atoms with E-state index in [-0.39, 0.29) is 6.04 Å². The molecule has 2 unspecified atom stereocenters. The average Bonchev–Trinajstić information content (AvgIpc) is 2.71. The maximum Gasteiger partial charge on any atom is 0.105 e. The fraction of sp³-hybridized carbons (Fsp3) is 0.562. The van der Waals surface area contributed by atoms with Crippen LogP contribution in [0.15, 0.2) is 12.1 Å². The number of benzene rings is 1. The van der Waals surface area contributed by atoms with Gasteiger partial charge in [0.25, 0.3) is 0 Å². The van der Waals surface area contributed by atoms with Crippen LogP contribution in [0.3, 0.4) is 0 Å². The van der Waals surface area contributed by atoms with E-state index in [0.717, 1.165) is 11.3 Å². The summed E-state index contributed by atoms with van der Waals surface area (Å²) in [5.41, 5.74) is 0.733. The van der Waals surface area contributed by atoms with Gasteiger partial charge in [-0.2, -0.15) is 5.26 Å². The number of anilines is 1. The molecule has 2 aliphatic heterocycles. The first-order valence-corrected chi connectivity index (χ1v) is 7.71. The number of nitrogens with zero attached hydrogens (tertiary/aromatic N) is 2. The van der Waals surface area contributed by atoms with Gasteiger partial charge in [-0.3, -0.25) is 0 Å². The molecule has 0 amide bonds. The average molecular weight is 323 g/mol. The molecule has 2 heterocycles. The van der Waals surface area contributed by atoms with Crippen molar-refractivity contribution in [3.63, 3.8) is 0 Å². The lowest BCUT2D eigenvalue weighted by Crippen LogP contribution is -2.62. The van der Waals surface area contributed by atoms with Gasteiger partial charge in [-0.15, -0.1) is 0 Å². The summed E-state index contributed by atoms with van der Waals surface area (Å²) < 4.78 is 0. The van der Waals surface area contributed by atoms with Crippen LogP contribution in [-0.2, 0) is 0 Å². The summed E-state index contributed by atoms with van der Waals surface area (Å²) in [5, 5.41) is 40.5. The molecule has 0 aromatic heterocycles. The molecule has 2 aliphatic rings. The Hall–Kier alpha value is -1.32. The smallest absolute Gasteiger partial charge is 0.105 e. The lowest BCUT2D eigenvalue weighted by molar-refractivity contribution is -0.0980. The molecule has 1 aromatic rings. The second-order valence-electron chi connectivity index (χ2n) is 6.54. The van der Waals surface area contributed by atoms with E-state index in [9.17, 15) is 15.3 Å². The van der Waals surface area contributed by atoms with Gasteiger partial charge in [0.15, 0.2) is 0 Å². The number of fused-ring (bicyclic) bond motifs is 2. The number of hydrogen-bond donors (Lipinski definition) is 3. The van der Waals surface area contributed by atoms with E-state index < -0.39 is 23.9 Å². The van der Waals surface area contributed by atoms with Gasteiger partial charge in [-0.25, -0.2) is 0 Å². The van der Waals surface area contributed by atoms with Crippen LogP contribution in [0.1, 0.15) is 30.9 Å². The predicted octanol–water partition coefficient (Wildman–Crippen LogP) is 1.34. The molecule has 1 aromatic carbocycles. The second-order valence-corrected chi connectivity index (χ2v) is 6.92. The summed E-state index contributed by atoms with van der Waals surface area (Å²) in [6, 6.07) is 4.85. The van der Waals surface area contributed by atoms with Gasteiger partial charge >= 0.3 is 0 Å². The van der Waals surface area contributed by atoms with Crippen LogP contribution in [0.5, 0.6) is 0 Å². The number of halogens is 1. The summed E-state index contributed by atoms with van der Waals surface area (Å²) in [7, 11) is 0. The van der Waals surface area contributed by atoms with Crippen molar-refractivity contribution < 1.29 is 15.3 Å². The molecule has 0 spiro atoms. The molecule has 3 N–H and O–H groups in total. The van der Waals surface area contributed by atoms with Crippen LogP contribution in [0.25, 0.3) is 0 Å². The monoisotopic (exact) mass is 322 g/mol. The van der Waals surface area contributed by atoms with E-state index in [0.29, 0.717) is 23.4 Å². The Kier molecular flexibility index (Phi) is 3.61. The molecule has 5 nitrogen and oxygen atoms in total. The highest BCUT2D eigenvalue weighted by Crippen LogP contribution is 2.45. The molecule has 5 atom stereocenters. The fourth-order valence-corrected chi connectivity index (χ4v) is 4.07. The topological polar surface area (TPSA) is 87.7 Å². The summed E-state index contributed by atoms with van der Waals surface area (Å²) in [5.74, 6) is 0. The minimum atomic E-state index is -1.21. The number of nitriles is 1. The van der Waals surface area contributed by atoms with Gasteiger partial charge in [-0.1, -0.05) is 11.6 Å². The van der Waals surface area contributed by atoms with Crippen molar-refractivity contribution in [3.8, 4) is 6.07 Å². The van der Waals surface area contributed by atoms with Crippen LogP contribution < -0.4 is 4.90 Å². The van der Waals surface area contributed by atoms with E-state index in [4.69, 9.17) is 16.9 Å². The molecule has 2 fully saturated rings. The summed E-state index contributed by atoms with van der Waals surface area (Å²) >= 11 is 6.24. The first kappa shape index (κ1) is 15.6. The summed E-state index contributed by atoms with van der Waals surface area (Å²) in [6.45, 7) is 3.43. The van der Waals surface area contributed by atoms with Crippen LogP contribution in [0.2, 0.25) is 5.02 Å². The highest BCUT2D eigenvalue weighted by molar-refractivity contribution is 6.32. The van der Waals surface area contributed by atoms with Crippen LogP contribution >= 0.6 is 11.6 Å². The third kappa shape index (κ3) is 2.10. The minimum absolute atomic E-state index is 0.0684. The number of aliphatic hydroxyl groups is 3. The van der Waals surface area contributed by atoms with Crippen molar-refractivity contribution in [2.45, 2.75) is 56.6 Å². The zero-order valence-corrected chi connectivity index (χ0v) is 13.2. The van der Waals surface area contributed by atoms with E-state index in [1.54, 1.807) is 19.1 Å². The molecule has 22 heavy (non-hydrogen) atoms. The van der Waals surface area contributed by atoms with Crippen molar-refractivity contribution in [2.24, 2.45) is 0 Å². The Balaban J connectivity index is 2.07. The Morgan fingerprint density at radius 3 is 2.73 bits per heavy atom. The van der Waals surface area contributed by atoms with Gasteiger partial charge < -0.3 is 20.2 Å². The largest absolute Gasteiger partial charge is 0.391 e. The Bertz CT molecular complexity index is 656. The van der Waals surface area contributed by atoms with Crippen molar-refractivity contribution in [2.75, 3.05) is 4.90 Å². The molecule has 3 rings (SSSR count). The van der Waals surface area contributed by atoms with Gasteiger partial charge in [-0.05, 0) is 44.4 Å². The third-order valence-corrected chi connectivity index (χ3v) is 5.48. The minimum Gasteiger partial charge on any atom is -0.391 e. The van der Waals surface area contributed by atoms with Crippen molar-refractivity contribution >= 4 is 17.3 Å². The highest BCUT2D eigenvalue weighted by atomic mass is 35.5. The Morgan fingerprint density at radius 1 is 1.41 bits per heavy atom. The van der Waals surface area contributed by atoms with Crippen molar-refractivity contribution in [3.05, 3.63) is 28.3 Å². The van der Waals surface area contributed by atoms with Crippen LogP contribution in [0.4, 0.5) is 5.69 Å². The van der Waals surface area contributed by atoms with Crippen LogP contribution in [0, 0.1) is 18.3 Å². The zero-order chi connectivity index (χ0) is 16.2. The Morgan fingerprint density at radius 2 is 2.09 bits per heavy atom. The zero-order valence-electron chi connectivity index (χ0n) is 12.5. The maximum absolute atomic E-state index is 10.4. The van der Waals surface area contributed by atoms with Gasteiger partial charge in [0.1, 0.15) is 12.2 Å². The summed E-state index contributed by atoms with van der Waals surface area (Å²) in [6.07, 6.45) is -0.883. The Labute approximate surface area is 134 Å². The lowest BCUT2D eigenvalue weighted by Gasteiger charge is -2.47. The second kappa shape index (κ2) is 5.10. The molecule has 2 bridgehead atoms. The quantitative estimate of drug-likeness (QED) is 0.726. The molecule has 0 radical (unpaired) electrons. The first-order chi connectivity index (χ1) is 10.3. The first-order valence-electron chi connectivity index (χ1n) is 7.34. The number of piperidine rings is 1. The maximum atomic E-state index is 10.4. The molecule has 0 aliphatic carbocycles. The molecule has 2 saturated heterocycles. The highest BCUT2D eigenvalue weighted by Gasteiger charge is 2.56. The molecular formula is C16H19ClN2O3. The van der Waals surface area contributed by atoms with Gasteiger partial charge in [0, 0.05) is 11.7 Å². The SMILES string of the molecule is Cc1c(N2[C@@H]3CC(O)[C@H]2C(O)[C@@](C)(O)C3)ccc(C#N)c1Cl. The van der Waals surface area contributed by atoms with E-state index in [1.165, 1.54) is 0 Å². The fourth-order valence-electron chi connectivity index (χ4n) is 3.87. The van der Waals surface area contributed by atoms with E-state index in [2.05, 4.69) is 0 Å². The van der Waals surface area contributed by atoms with Crippen LogP contribution in [-0.4, -0.2) is 45.2 Å². The number of aliphatic hydroxyl groups excluding tert-OH is 2. The van der Waals surface area contributed by atoms with Crippen molar-refractivity contribution in [1.29, 1.82) is 5.26 Å². The normalized spacial score (nSPS) is 37.2. The third-order valence-electron chi connectivity index (χ3n) is 4.99. The molecule has 0 saturated carbocycles. The predicted molar refractivity (Wildman–Crippen MR) is 82.8 cm³/mol. The van der Waals surface area contributed by atoms with E-state index >= 15 is 0 Å². The summed E-state index contributed by atoms with van der Waals surface area (Å²) in [4.78, 5) is 1.95.